The highest BCUT2D eigenvalue weighted by Crippen LogP contribution is 2.17. The van der Waals surface area contributed by atoms with Crippen LogP contribution in [0.2, 0.25) is 0 Å². The van der Waals surface area contributed by atoms with Gasteiger partial charge >= 0.3 is 11.9 Å². The van der Waals surface area contributed by atoms with Crippen LogP contribution in [0.1, 0.15) is 303 Å². The molecule has 0 radical (unpaired) electrons. The SMILES string of the molecule is CC/C=C\C/C=C\C/C=C\C/C=C\C/C=C\CCCCCCCCCCCCCCCCCCCCCCCCCC(=O)OC(CO)COC(=O)CCCCCCCCC/C=C\C/C=C\CCCCCC. The zero-order chi connectivity index (χ0) is 51.3. The molecule has 1 atom stereocenters. The van der Waals surface area contributed by atoms with E-state index >= 15 is 0 Å². The van der Waals surface area contributed by atoms with Crippen LogP contribution in [0.3, 0.4) is 0 Å². The third-order valence-corrected chi connectivity index (χ3v) is 13.4. The second-order valence-electron chi connectivity index (χ2n) is 20.4. The van der Waals surface area contributed by atoms with Gasteiger partial charge in [0.15, 0.2) is 6.10 Å². The maximum absolute atomic E-state index is 12.3. The lowest BCUT2D eigenvalue weighted by Gasteiger charge is -2.15. The number of aliphatic hydroxyl groups excluding tert-OH is 1. The molecule has 0 aromatic carbocycles. The Labute approximate surface area is 441 Å². The van der Waals surface area contributed by atoms with Crippen molar-refractivity contribution < 1.29 is 24.2 Å². The summed E-state index contributed by atoms with van der Waals surface area (Å²) in [5, 5.41) is 9.66. The highest BCUT2D eigenvalue weighted by molar-refractivity contribution is 5.70. The van der Waals surface area contributed by atoms with Crippen molar-refractivity contribution in [3.05, 3.63) is 85.1 Å². The van der Waals surface area contributed by atoms with E-state index in [0.29, 0.717) is 12.8 Å². The van der Waals surface area contributed by atoms with Crippen molar-refractivity contribution in [2.24, 2.45) is 0 Å². The molecule has 0 bridgehead atoms. The molecule has 0 amide bonds. The Morgan fingerprint density at radius 1 is 0.338 bits per heavy atom. The van der Waals surface area contributed by atoms with E-state index in [1.807, 2.05) is 0 Å². The summed E-state index contributed by atoms with van der Waals surface area (Å²) in [6.07, 6.45) is 85.8. The minimum Gasteiger partial charge on any atom is -0.462 e. The van der Waals surface area contributed by atoms with Crippen LogP contribution < -0.4 is 0 Å². The monoisotopic (exact) mass is 989 g/mol. The van der Waals surface area contributed by atoms with Gasteiger partial charge in [0.2, 0.25) is 0 Å². The lowest BCUT2D eigenvalue weighted by Crippen LogP contribution is -2.28. The molecule has 0 aromatic rings. The number of carbonyl (C=O) groups excluding carboxylic acids is 2. The maximum atomic E-state index is 12.3. The van der Waals surface area contributed by atoms with Crippen LogP contribution in [0.4, 0.5) is 0 Å². The predicted octanol–water partition coefficient (Wildman–Crippen LogP) is 20.9. The van der Waals surface area contributed by atoms with Gasteiger partial charge in [-0.15, -0.1) is 0 Å². The molecule has 0 rings (SSSR count). The van der Waals surface area contributed by atoms with Crippen molar-refractivity contribution in [3.63, 3.8) is 0 Å². The van der Waals surface area contributed by atoms with E-state index in [-0.39, 0.29) is 25.2 Å². The van der Waals surface area contributed by atoms with Crippen LogP contribution in [0.15, 0.2) is 85.1 Å². The van der Waals surface area contributed by atoms with Crippen LogP contribution in [0, 0.1) is 0 Å². The number of ether oxygens (including phenoxy) is 2. The fraction of sp³-hybridized carbons (Fsp3) is 0.758. The standard InChI is InChI=1S/C66H116O5/c1-3-5-7-9-11-13-15-17-19-21-23-24-25-26-27-28-29-30-31-32-33-34-35-36-37-38-39-40-41-42-43-45-47-49-51-53-55-57-59-61-66(69)71-64(62-67)63-70-65(68)60-58-56-54-52-50-48-46-44-22-20-18-16-14-12-10-8-6-4-2/h5,7,11,13-14,16-17,19-20,22-24,26-27,64,67H,3-4,6,8-10,12,15,18,21,25,28-63H2,1-2H3/b7-5-,13-11-,16-14-,19-17-,22-20-,24-23-,27-26-. The molecule has 1 unspecified atom stereocenters. The van der Waals surface area contributed by atoms with Gasteiger partial charge in [0.05, 0.1) is 6.61 Å². The topological polar surface area (TPSA) is 72.8 Å². The highest BCUT2D eigenvalue weighted by atomic mass is 16.6. The number of unbranched alkanes of at least 4 members (excludes halogenated alkanes) is 34. The lowest BCUT2D eigenvalue weighted by molar-refractivity contribution is -0.161. The first-order valence-corrected chi connectivity index (χ1v) is 30.6. The summed E-state index contributed by atoms with van der Waals surface area (Å²) < 4.78 is 10.7. The summed E-state index contributed by atoms with van der Waals surface area (Å²) in [4.78, 5) is 24.5. The summed E-state index contributed by atoms with van der Waals surface area (Å²) in [5.41, 5.74) is 0. The van der Waals surface area contributed by atoms with Gasteiger partial charge in [-0.3, -0.25) is 9.59 Å². The summed E-state index contributed by atoms with van der Waals surface area (Å²) >= 11 is 0. The molecule has 410 valence electrons. The van der Waals surface area contributed by atoms with Gasteiger partial charge in [-0.2, -0.15) is 0 Å². The van der Waals surface area contributed by atoms with E-state index in [1.54, 1.807) is 0 Å². The van der Waals surface area contributed by atoms with Gasteiger partial charge in [-0.05, 0) is 89.9 Å². The summed E-state index contributed by atoms with van der Waals surface area (Å²) in [6.45, 7) is 4.03. The lowest BCUT2D eigenvalue weighted by atomic mass is 10.0. The number of allylic oxidation sites excluding steroid dienone is 14. The van der Waals surface area contributed by atoms with Gasteiger partial charge in [-0.25, -0.2) is 0 Å². The Bertz CT molecular complexity index is 1300. The summed E-state index contributed by atoms with van der Waals surface area (Å²) in [6, 6.07) is 0. The molecule has 0 saturated carbocycles. The van der Waals surface area contributed by atoms with Gasteiger partial charge in [0, 0.05) is 12.8 Å². The molecule has 5 nitrogen and oxygen atoms in total. The predicted molar refractivity (Wildman–Crippen MR) is 311 cm³/mol. The van der Waals surface area contributed by atoms with Gasteiger partial charge in [0.25, 0.3) is 0 Å². The maximum Gasteiger partial charge on any atom is 0.306 e. The second-order valence-corrected chi connectivity index (χ2v) is 20.4. The number of hydrogen-bond donors (Lipinski definition) is 1. The highest BCUT2D eigenvalue weighted by Gasteiger charge is 2.16. The third kappa shape index (κ3) is 59.5. The molecule has 0 aliphatic carbocycles. The first kappa shape index (κ1) is 68.1. The van der Waals surface area contributed by atoms with E-state index in [9.17, 15) is 14.7 Å². The smallest absolute Gasteiger partial charge is 0.306 e. The Hall–Kier alpha value is -2.92. The van der Waals surface area contributed by atoms with Crippen molar-refractivity contribution in [1.29, 1.82) is 0 Å². The average Bonchev–Trinajstić information content (AvgIpc) is 3.37. The minimum atomic E-state index is -0.777. The molecular weight excluding hydrogens is 873 g/mol. The second kappa shape index (κ2) is 61.4. The van der Waals surface area contributed by atoms with Crippen LogP contribution in [-0.2, 0) is 19.1 Å². The zero-order valence-corrected chi connectivity index (χ0v) is 47.0. The van der Waals surface area contributed by atoms with E-state index < -0.39 is 6.10 Å². The van der Waals surface area contributed by atoms with Crippen molar-refractivity contribution in [2.45, 2.75) is 309 Å². The molecule has 0 saturated heterocycles. The van der Waals surface area contributed by atoms with E-state index in [4.69, 9.17) is 9.47 Å². The van der Waals surface area contributed by atoms with Crippen LogP contribution in [0.5, 0.6) is 0 Å². The molecule has 1 N–H and O–H groups in total. The normalized spacial score (nSPS) is 12.8. The number of rotatable bonds is 56. The first-order valence-electron chi connectivity index (χ1n) is 30.6. The largest absolute Gasteiger partial charge is 0.462 e. The van der Waals surface area contributed by atoms with E-state index in [1.165, 1.54) is 193 Å². The molecule has 71 heavy (non-hydrogen) atoms. The quantitative estimate of drug-likeness (QED) is 0.0373. The molecule has 0 heterocycles. The van der Waals surface area contributed by atoms with Crippen molar-refractivity contribution in [3.8, 4) is 0 Å². The van der Waals surface area contributed by atoms with Gasteiger partial charge < -0.3 is 14.6 Å². The fourth-order valence-electron chi connectivity index (χ4n) is 8.85. The Morgan fingerprint density at radius 2 is 0.606 bits per heavy atom. The van der Waals surface area contributed by atoms with Crippen LogP contribution in [-0.4, -0.2) is 36.4 Å². The van der Waals surface area contributed by atoms with Crippen LogP contribution in [0.25, 0.3) is 0 Å². The molecule has 0 fully saturated rings. The molecule has 5 heteroatoms. The van der Waals surface area contributed by atoms with Crippen molar-refractivity contribution in [1.82, 2.24) is 0 Å². The van der Waals surface area contributed by atoms with Crippen LogP contribution >= 0.6 is 0 Å². The Balaban J connectivity index is 3.42. The van der Waals surface area contributed by atoms with E-state index in [0.717, 1.165) is 83.5 Å². The minimum absolute atomic E-state index is 0.0688. The molecule has 0 aliphatic rings. The summed E-state index contributed by atoms with van der Waals surface area (Å²) in [7, 11) is 0. The molecule has 0 aromatic heterocycles. The Kier molecular flexibility index (Phi) is 58.9. The van der Waals surface area contributed by atoms with Gasteiger partial charge in [0.1, 0.15) is 6.61 Å². The molecule has 0 spiro atoms. The average molecular weight is 990 g/mol. The number of hydrogen-bond acceptors (Lipinski definition) is 5. The number of aliphatic hydroxyl groups is 1. The third-order valence-electron chi connectivity index (χ3n) is 13.4. The summed E-state index contributed by atoms with van der Waals surface area (Å²) in [5.74, 6) is -0.589. The fourth-order valence-corrected chi connectivity index (χ4v) is 8.85. The number of carbonyl (C=O) groups is 2. The first-order chi connectivity index (χ1) is 35.1. The van der Waals surface area contributed by atoms with Gasteiger partial charge in [-0.1, -0.05) is 285 Å². The number of esters is 2. The van der Waals surface area contributed by atoms with Crippen molar-refractivity contribution >= 4 is 11.9 Å². The molecular formula is C66H116O5. The molecule has 0 aliphatic heterocycles. The zero-order valence-electron chi connectivity index (χ0n) is 47.0. The van der Waals surface area contributed by atoms with Crippen molar-refractivity contribution in [2.75, 3.05) is 13.2 Å². The van der Waals surface area contributed by atoms with E-state index in [2.05, 4.69) is 98.9 Å². The Morgan fingerprint density at radius 3 is 0.915 bits per heavy atom.